The number of benzene rings is 1. The van der Waals surface area contributed by atoms with E-state index in [0.717, 1.165) is 24.2 Å². The highest BCUT2D eigenvalue weighted by Crippen LogP contribution is 2.20. The van der Waals surface area contributed by atoms with Gasteiger partial charge in [-0.15, -0.1) is 0 Å². The molecule has 1 heterocycles. The Bertz CT molecular complexity index is 445. The van der Waals surface area contributed by atoms with Crippen LogP contribution in [0.15, 0.2) is 24.3 Å². The van der Waals surface area contributed by atoms with E-state index in [9.17, 15) is 0 Å². The number of aliphatic hydroxyl groups excluding tert-OH is 1. The molecule has 1 aliphatic rings. The summed E-state index contributed by atoms with van der Waals surface area (Å²) in [5.41, 5.74) is 0.849. The Morgan fingerprint density at radius 2 is 2.33 bits per heavy atom. The number of rotatable bonds is 3. The fourth-order valence-corrected chi connectivity index (χ4v) is 2.00. The van der Waals surface area contributed by atoms with Gasteiger partial charge in [0.15, 0.2) is 0 Å². The third kappa shape index (κ3) is 3.76. The molecule has 1 aromatic carbocycles. The van der Waals surface area contributed by atoms with Crippen LogP contribution in [0.3, 0.4) is 0 Å². The first-order valence-corrected chi connectivity index (χ1v) is 6.26. The van der Waals surface area contributed by atoms with Gasteiger partial charge in [0, 0.05) is 5.56 Å². The van der Waals surface area contributed by atoms with Crippen molar-refractivity contribution in [3.05, 3.63) is 29.8 Å². The van der Waals surface area contributed by atoms with Gasteiger partial charge in [0.2, 0.25) is 0 Å². The van der Waals surface area contributed by atoms with E-state index >= 15 is 0 Å². The van der Waals surface area contributed by atoms with Gasteiger partial charge in [0.1, 0.15) is 19.0 Å². The van der Waals surface area contributed by atoms with Gasteiger partial charge in [-0.3, -0.25) is 0 Å². The zero-order valence-corrected chi connectivity index (χ0v) is 10.6. The number of aliphatic hydroxyl groups is 1. The van der Waals surface area contributed by atoms with E-state index < -0.39 is 0 Å². The lowest BCUT2D eigenvalue weighted by Gasteiger charge is -2.12. The quantitative estimate of drug-likeness (QED) is 0.829. The fourth-order valence-electron chi connectivity index (χ4n) is 2.00. The molecule has 0 aromatic heterocycles. The summed E-state index contributed by atoms with van der Waals surface area (Å²) >= 11 is 0. The molecule has 1 aliphatic heterocycles. The van der Waals surface area contributed by atoms with Crippen LogP contribution in [0.2, 0.25) is 0 Å². The Kier molecular flexibility index (Phi) is 4.63. The van der Waals surface area contributed by atoms with Crippen molar-refractivity contribution < 1.29 is 14.6 Å². The van der Waals surface area contributed by atoms with Gasteiger partial charge in [-0.25, -0.2) is 0 Å². The summed E-state index contributed by atoms with van der Waals surface area (Å²) in [6.07, 6.45) is 2.72. The van der Waals surface area contributed by atoms with E-state index in [1.165, 1.54) is 0 Å². The Morgan fingerprint density at radius 3 is 3.06 bits per heavy atom. The van der Waals surface area contributed by atoms with E-state index in [1.54, 1.807) is 0 Å². The summed E-state index contributed by atoms with van der Waals surface area (Å²) in [4.78, 5) is 0. The largest absolute Gasteiger partial charge is 0.491 e. The number of hydrogen-bond acceptors (Lipinski definition) is 3. The monoisotopic (exact) mass is 246 g/mol. The number of ether oxygens (including phenoxy) is 2. The van der Waals surface area contributed by atoms with Crippen molar-refractivity contribution in [3.8, 4) is 17.6 Å². The molecule has 0 saturated carbocycles. The summed E-state index contributed by atoms with van der Waals surface area (Å²) in [5, 5.41) is 8.65. The molecule has 3 heteroatoms. The average Bonchev–Trinajstić information content (AvgIpc) is 2.80. The van der Waals surface area contributed by atoms with Crippen LogP contribution in [-0.4, -0.2) is 30.5 Å². The number of hydrogen-bond donors (Lipinski definition) is 1. The summed E-state index contributed by atoms with van der Waals surface area (Å²) < 4.78 is 11.4. The molecule has 0 bridgehead atoms. The van der Waals surface area contributed by atoms with Crippen molar-refractivity contribution in [2.45, 2.75) is 32.0 Å². The second kappa shape index (κ2) is 6.44. The first-order valence-electron chi connectivity index (χ1n) is 6.26. The highest BCUT2D eigenvalue weighted by Gasteiger charge is 2.22. The summed E-state index contributed by atoms with van der Waals surface area (Å²) in [7, 11) is 0. The van der Waals surface area contributed by atoms with Gasteiger partial charge < -0.3 is 14.6 Å². The van der Waals surface area contributed by atoms with Gasteiger partial charge in [-0.2, -0.15) is 0 Å². The predicted molar refractivity (Wildman–Crippen MR) is 69.5 cm³/mol. The summed E-state index contributed by atoms with van der Waals surface area (Å²) in [6, 6.07) is 7.57. The smallest absolute Gasteiger partial charge is 0.120 e. The zero-order chi connectivity index (χ0) is 12.8. The molecule has 0 aliphatic carbocycles. The molecule has 3 nitrogen and oxygen atoms in total. The minimum absolute atomic E-state index is 0.126. The molecular formula is C15H18O3. The second-order valence-electron chi connectivity index (χ2n) is 4.44. The maximum atomic E-state index is 8.65. The molecule has 2 rings (SSSR count). The van der Waals surface area contributed by atoms with E-state index in [0.29, 0.717) is 12.7 Å². The van der Waals surface area contributed by atoms with Gasteiger partial charge in [-0.05, 0) is 38.0 Å². The van der Waals surface area contributed by atoms with Crippen LogP contribution in [0.1, 0.15) is 25.3 Å². The highest BCUT2D eigenvalue weighted by atomic mass is 16.5. The molecule has 1 aromatic rings. The normalized spacial score (nSPS) is 22.3. The Labute approximate surface area is 108 Å². The SMILES string of the molecule is CC1CCC(COc2cccc(C#CCO)c2)O1. The molecular weight excluding hydrogens is 228 g/mol. The lowest BCUT2D eigenvalue weighted by atomic mass is 10.2. The van der Waals surface area contributed by atoms with Crippen LogP contribution < -0.4 is 4.74 Å². The van der Waals surface area contributed by atoms with Crippen LogP contribution >= 0.6 is 0 Å². The van der Waals surface area contributed by atoms with Crippen LogP contribution in [-0.2, 0) is 4.74 Å². The molecule has 1 saturated heterocycles. The minimum atomic E-state index is -0.126. The van der Waals surface area contributed by atoms with E-state index in [4.69, 9.17) is 14.6 Å². The maximum Gasteiger partial charge on any atom is 0.120 e. The van der Waals surface area contributed by atoms with Crippen molar-refractivity contribution >= 4 is 0 Å². The average molecular weight is 246 g/mol. The van der Waals surface area contributed by atoms with Crippen LogP contribution in [0.5, 0.6) is 5.75 Å². The van der Waals surface area contributed by atoms with Gasteiger partial charge >= 0.3 is 0 Å². The van der Waals surface area contributed by atoms with Crippen LogP contribution in [0.25, 0.3) is 0 Å². The van der Waals surface area contributed by atoms with Crippen molar-refractivity contribution in [2.24, 2.45) is 0 Å². The molecule has 1 fully saturated rings. The first kappa shape index (κ1) is 12.9. The molecule has 96 valence electrons. The molecule has 1 N–H and O–H groups in total. The van der Waals surface area contributed by atoms with Crippen molar-refractivity contribution in [1.82, 2.24) is 0 Å². The lowest BCUT2D eigenvalue weighted by molar-refractivity contribution is 0.0264. The minimum Gasteiger partial charge on any atom is -0.491 e. The molecule has 0 amide bonds. The summed E-state index contributed by atoms with van der Waals surface area (Å²) in [5.74, 6) is 6.27. The van der Waals surface area contributed by atoms with Crippen molar-refractivity contribution in [3.63, 3.8) is 0 Å². The second-order valence-corrected chi connectivity index (χ2v) is 4.44. The van der Waals surface area contributed by atoms with E-state index in [-0.39, 0.29) is 12.7 Å². The Hall–Kier alpha value is -1.50. The zero-order valence-electron chi connectivity index (χ0n) is 10.6. The third-order valence-electron chi connectivity index (χ3n) is 2.90. The predicted octanol–water partition coefficient (Wildman–Crippen LogP) is 1.98. The Morgan fingerprint density at radius 1 is 1.44 bits per heavy atom. The molecule has 2 unspecified atom stereocenters. The third-order valence-corrected chi connectivity index (χ3v) is 2.90. The standard InChI is InChI=1S/C15H18O3/c1-12-7-8-15(18-12)11-17-14-6-2-4-13(10-14)5-3-9-16/h2,4,6,10,12,15-16H,7-9,11H2,1H3. The highest BCUT2D eigenvalue weighted by molar-refractivity contribution is 5.39. The van der Waals surface area contributed by atoms with Crippen LogP contribution in [0, 0.1) is 11.8 Å². The van der Waals surface area contributed by atoms with Gasteiger partial charge in [0.25, 0.3) is 0 Å². The first-order chi connectivity index (χ1) is 8.78. The Balaban J connectivity index is 1.89. The van der Waals surface area contributed by atoms with Crippen LogP contribution in [0.4, 0.5) is 0 Å². The maximum absolute atomic E-state index is 8.65. The fraction of sp³-hybridized carbons (Fsp3) is 0.467. The van der Waals surface area contributed by atoms with E-state index in [2.05, 4.69) is 18.8 Å². The molecule has 0 radical (unpaired) electrons. The van der Waals surface area contributed by atoms with Crippen molar-refractivity contribution in [2.75, 3.05) is 13.2 Å². The topological polar surface area (TPSA) is 38.7 Å². The van der Waals surface area contributed by atoms with E-state index in [1.807, 2.05) is 24.3 Å². The molecule has 18 heavy (non-hydrogen) atoms. The van der Waals surface area contributed by atoms with Crippen molar-refractivity contribution in [1.29, 1.82) is 0 Å². The van der Waals surface area contributed by atoms with Gasteiger partial charge in [-0.1, -0.05) is 17.9 Å². The molecule has 0 spiro atoms. The van der Waals surface area contributed by atoms with Gasteiger partial charge in [0.05, 0.1) is 12.2 Å². The summed E-state index contributed by atoms with van der Waals surface area (Å²) in [6.45, 7) is 2.55. The lowest BCUT2D eigenvalue weighted by Crippen LogP contribution is -2.17. The molecule has 2 atom stereocenters.